The Morgan fingerprint density at radius 2 is 1.89 bits per heavy atom. The number of hydrogen-bond acceptors (Lipinski definition) is 4. The maximum atomic E-state index is 12.6. The molecule has 1 saturated carbocycles. The molecular formula is C19H19F2N3O2S. The summed E-state index contributed by atoms with van der Waals surface area (Å²) in [5.41, 5.74) is 1.65. The van der Waals surface area contributed by atoms with Crippen molar-refractivity contribution >= 4 is 29.3 Å². The van der Waals surface area contributed by atoms with Gasteiger partial charge in [0.05, 0.1) is 11.6 Å². The molecule has 1 aromatic carbocycles. The summed E-state index contributed by atoms with van der Waals surface area (Å²) in [5.74, 6) is -2.96. The Bertz CT molecular complexity index is 826. The van der Waals surface area contributed by atoms with Crippen molar-refractivity contribution in [3.8, 4) is 0 Å². The smallest absolute Gasteiger partial charge is 0.290 e. The Morgan fingerprint density at radius 3 is 2.52 bits per heavy atom. The van der Waals surface area contributed by atoms with E-state index in [-0.39, 0.29) is 40.2 Å². The molecule has 5 nitrogen and oxygen atoms in total. The van der Waals surface area contributed by atoms with Crippen LogP contribution in [0.15, 0.2) is 47.6 Å². The van der Waals surface area contributed by atoms with E-state index in [1.807, 2.05) is 12.1 Å². The summed E-state index contributed by atoms with van der Waals surface area (Å²) in [4.78, 5) is 28.1. The van der Waals surface area contributed by atoms with Gasteiger partial charge < -0.3 is 10.6 Å². The zero-order valence-corrected chi connectivity index (χ0v) is 15.4. The van der Waals surface area contributed by atoms with Crippen molar-refractivity contribution < 1.29 is 18.4 Å². The molecule has 27 heavy (non-hydrogen) atoms. The number of aromatic nitrogens is 1. The van der Waals surface area contributed by atoms with E-state index in [1.165, 1.54) is 18.3 Å². The number of benzene rings is 1. The van der Waals surface area contributed by atoms with Crippen molar-refractivity contribution in [2.24, 2.45) is 5.92 Å². The normalized spacial score (nSPS) is 14.7. The largest absolute Gasteiger partial charge is 0.345 e. The monoisotopic (exact) mass is 391 g/mol. The number of thioether (sulfide) groups is 1. The van der Waals surface area contributed by atoms with Gasteiger partial charge in [-0.05, 0) is 61.4 Å². The average molecular weight is 391 g/mol. The van der Waals surface area contributed by atoms with Gasteiger partial charge in [0.25, 0.3) is 11.7 Å². The van der Waals surface area contributed by atoms with Crippen molar-refractivity contribution in [1.29, 1.82) is 0 Å². The van der Waals surface area contributed by atoms with Gasteiger partial charge >= 0.3 is 0 Å². The number of carbonyl (C=O) groups is 2. The molecule has 142 valence electrons. The van der Waals surface area contributed by atoms with Crippen LogP contribution in [-0.2, 0) is 4.79 Å². The second-order valence-electron chi connectivity index (χ2n) is 6.32. The first kappa shape index (κ1) is 19.3. The van der Waals surface area contributed by atoms with Crippen LogP contribution in [0.4, 0.5) is 14.5 Å². The van der Waals surface area contributed by atoms with Gasteiger partial charge in [0.1, 0.15) is 5.03 Å². The minimum absolute atomic E-state index is 0.00432. The second-order valence-corrected chi connectivity index (χ2v) is 7.29. The van der Waals surface area contributed by atoms with Crippen LogP contribution in [-0.4, -0.2) is 22.6 Å². The number of rotatable bonds is 7. The first-order valence-corrected chi connectivity index (χ1v) is 9.43. The molecule has 2 N–H and O–H groups in total. The number of anilines is 1. The highest BCUT2D eigenvalue weighted by Crippen LogP contribution is 2.30. The molecule has 0 aliphatic heterocycles. The molecule has 1 aromatic heterocycles. The third-order valence-corrected chi connectivity index (χ3v) is 4.92. The highest BCUT2D eigenvalue weighted by atomic mass is 32.2. The van der Waals surface area contributed by atoms with E-state index in [1.54, 1.807) is 19.1 Å². The first-order chi connectivity index (χ1) is 12.9. The van der Waals surface area contributed by atoms with Gasteiger partial charge in [0.15, 0.2) is 0 Å². The summed E-state index contributed by atoms with van der Waals surface area (Å²) in [6.07, 6.45) is 3.25. The molecule has 1 fully saturated rings. The lowest BCUT2D eigenvalue weighted by atomic mass is 10.1. The average Bonchev–Trinajstić information content (AvgIpc) is 3.47. The minimum atomic E-state index is -2.65. The van der Waals surface area contributed by atoms with Gasteiger partial charge in [-0.3, -0.25) is 9.59 Å². The SMILES string of the molecule is CC(NC(=O)c1cccnc1SC(F)F)c1ccc(NC(=O)C2CC2)cc1. The third-order valence-electron chi connectivity index (χ3n) is 4.19. The molecule has 2 aromatic rings. The van der Waals surface area contributed by atoms with Gasteiger partial charge in [-0.2, -0.15) is 8.78 Å². The van der Waals surface area contributed by atoms with Crippen LogP contribution in [0.1, 0.15) is 41.7 Å². The fourth-order valence-corrected chi connectivity index (χ4v) is 3.12. The quantitative estimate of drug-likeness (QED) is 0.693. The van der Waals surface area contributed by atoms with E-state index in [0.717, 1.165) is 18.4 Å². The third kappa shape index (κ3) is 5.26. The summed E-state index contributed by atoms with van der Waals surface area (Å²) in [6.45, 7) is 1.80. The van der Waals surface area contributed by atoms with Crippen LogP contribution in [0.3, 0.4) is 0 Å². The van der Waals surface area contributed by atoms with E-state index in [9.17, 15) is 18.4 Å². The Balaban J connectivity index is 1.63. The number of carbonyl (C=O) groups excluding carboxylic acids is 2. The highest BCUT2D eigenvalue weighted by Gasteiger charge is 2.29. The van der Waals surface area contributed by atoms with Crippen molar-refractivity contribution in [3.63, 3.8) is 0 Å². The Labute approximate surface area is 159 Å². The van der Waals surface area contributed by atoms with Crippen molar-refractivity contribution in [3.05, 3.63) is 53.7 Å². The lowest BCUT2D eigenvalue weighted by Crippen LogP contribution is -2.27. The summed E-state index contributed by atoms with van der Waals surface area (Å²) >= 11 is 0.246. The fourth-order valence-electron chi connectivity index (χ4n) is 2.54. The molecule has 8 heteroatoms. The molecule has 0 bridgehead atoms. The molecule has 1 unspecified atom stereocenters. The number of alkyl halides is 2. The molecule has 0 spiro atoms. The maximum absolute atomic E-state index is 12.6. The number of hydrogen-bond donors (Lipinski definition) is 2. The van der Waals surface area contributed by atoms with E-state index in [4.69, 9.17) is 0 Å². The lowest BCUT2D eigenvalue weighted by molar-refractivity contribution is -0.117. The molecule has 0 saturated heterocycles. The molecule has 2 amide bonds. The summed E-state index contributed by atoms with van der Waals surface area (Å²) in [6, 6.07) is 9.84. The Hall–Kier alpha value is -2.48. The van der Waals surface area contributed by atoms with Gasteiger partial charge in [-0.25, -0.2) is 4.98 Å². The van der Waals surface area contributed by atoms with E-state index >= 15 is 0 Å². The van der Waals surface area contributed by atoms with Crippen LogP contribution in [0.2, 0.25) is 0 Å². The first-order valence-electron chi connectivity index (χ1n) is 8.55. The minimum Gasteiger partial charge on any atom is -0.345 e. The molecule has 1 heterocycles. The van der Waals surface area contributed by atoms with Crippen LogP contribution in [0.25, 0.3) is 0 Å². The second kappa shape index (κ2) is 8.47. The van der Waals surface area contributed by atoms with Crippen molar-refractivity contribution in [1.82, 2.24) is 10.3 Å². The zero-order valence-electron chi connectivity index (χ0n) is 14.6. The maximum Gasteiger partial charge on any atom is 0.290 e. The number of nitrogens with one attached hydrogen (secondary N) is 2. The van der Waals surface area contributed by atoms with Crippen molar-refractivity contribution in [2.45, 2.75) is 36.6 Å². The number of nitrogens with zero attached hydrogens (tertiary/aromatic N) is 1. The van der Waals surface area contributed by atoms with Gasteiger partial charge in [-0.1, -0.05) is 12.1 Å². The molecule has 3 rings (SSSR count). The standard InChI is InChI=1S/C19H19F2N3O2S/c1-11(12-6-8-14(9-7-12)24-16(25)13-4-5-13)23-17(26)15-3-2-10-22-18(15)27-19(20)21/h2-3,6-11,13,19H,4-5H2,1H3,(H,23,26)(H,24,25). The van der Waals surface area contributed by atoms with E-state index in [0.29, 0.717) is 5.69 Å². The van der Waals surface area contributed by atoms with E-state index in [2.05, 4.69) is 15.6 Å². The summed E-state index contributed by atoms with van der Waals surface area (Å²) < 4.78 is 25.3. The predicted molar refractivity (Wildman–Crippen MR) is 99.8 cm³/mol. The number of amides is 2. The fraction of sp³-hybridized carbons (Fsp3) is 0.316. The van der Waals surface area contributed by atoms with Gasteiger partial charge in [0, 0.05) is 17.8 Å². The zero-order chi connectivity index (χ0) is 19.4. The van der Waals surface area contributed by atoms with Crippen LogP contribution in [0, 0.1) is 5.92 Å². The van der Waals surface area contributed by atoms with Crippen LogP contribution in [0.5, 0.6) is 0 Å². The molecule has 1 aliphatic rings. The topological polar surface area (TPSA) is 71.1 Å². The van der Waals surface area contributed by atoms with Crippen molar-refractivity contribution in [2.75, 3.05) is 5.32 Å². The molecular weight excluding hydrogens is 372 g/mol. The van der Waals surface area contributed by atoms with Crippen LogP contribution < -0.4 is 10.6 Å². The predicted octanol–water partition coefficient (Wildman–Crippen LogP) is 4.24. The molecule has 0 radical (unpaired) electrons. The summed E-state index contributed by atoms with van der Waals surface area (Å²) in [7, 11) is 0. The van der Waals surface area contributed by atoms with Gasteiger partial charge in [-0.15, -0.1) is 0 Å². The van der Waals surface area contributed by atoms with E-state index < -0.39 is 11.7 Å². The molecule has 1 atom stereocenters. The Kier molecular flexibility index (Phi) is 6.05. The molecule has 1 aliphatic carbocycles. The highest BCUT2D eigenvalue weighted by molar-refractivity contribution is 7.99. The van der Waals surface area contributed by atoms with Gasteiger partial charge in [0.2, 0.25) is 5.91 Å². The lowest BCUT2D eigenvalue weighted by Gasteiger charge is -2.16. The number of pyridine rings is 1. The Morgan fingerprint density at radius 1 is 1.19 bits per heavy atom. The summed E-state index contributed by atoms with van der Waals surface area (Å²) in [5, 5.41) is 5.64. The van der Waals surface area contributed by atoms with Crippen LogP contribution >= 0.6 is 11.8 Å². The number of halogens is 2.